The molecule has 158 valence electrons. The van der Waals surface area contributed by atoms with E-state index >= 15 is 0 Å². The van der Waals surface area contributed by atoms with Crippen molar-refractivity contribution in [1.82, 2.24) is 0 Å². The number of hydrogen-bond donors (Lipinski definition) is 0. The predicted molar refractivity (Wildman–Crippen MR) is 115 cm³/mol. The first-order valence-electron chi connectivity index (χ1n) is 9.56. The summed E-state index contributed by atoms with van der Waals surface area (Å²) in [7, 11) is 1.26. The molecule has 0 saturated heterocycles. The lowest BCUT2D eigenvalue weighted by atomic mass is 9.74. The van der Waals surface area contributed by atoms with E-state index in [4.69, 9.17) is 27.9 Å². The molecule has 7 heteroatoms. The summed E-state index contributed by atoms with van der Waals surface area (Å²) in [6.07, 6.45) is 1.61. The van der Waals surface area contributed by atoms with Crippen LogP contribution in [0.3, 0.4) is 0 Å². The number of rotatable bonds is 8. The van der Waals surface area contributed by atoms with Gasteiger partial charge in [-0.25, -0.2) is 4.79 Å². The van der Waals surface area contributed by atoms with Crippen LogP contribution in [0.4, 0.5) is 0 Å². The smallest absolute Gasteiger partial charge is 0.343 e. The number of ketones is 2. The number of carbonyl (C=O) groups excluding carboxylic acids is 3. The van der Waals surface area contributed by atoms with E-state index in [-0.39, 0.29) is 34.0 Å². The van der Waals surface area contributed by atoms with Gasteiger partial charge >= 0.3 is 5.97 Å². The van der Waals surface area contributed by atoms with E-state index in [0.717, 1.165) is 5.56 Å². The zero-order valence-electron chi connectivity index (χ0n) is 16.8. The van der Waals surface area contributed by atoms with Crippen molar-refractivity contribution in [3.05, 3.63) is 63.1 Å². The summed E-state index contributed by atoms with van der Waals surface area (Å²) in [5.41, 5.74) is 1.29. The van der Waals surface area contributed by atoms with Gasteiger partial charge in [-0.3, -0.25) is 4.79 Å². The van der Waals surface area contributed by atoms with Gasteiger partial charge in [0.05, 0.1) is 12.1 Å². The van der Waals surface area contributed by atoms with Crippen LogP contribution in [0.25, 0.3) is 0 Å². The molecule has 1 unspecified atom stereocenters. The standard InChI is InChI=1S/C23H22Cl2O5/c1-14(26)8-9-23(11-15-6-4-3-5-7-15)12-16-10-17(30-13-18(27)29-2)20(24)21(25)19(16)22(23)28/h3-7,10H,8-9,11-13H2,1-2H3. The van der Waals surface area contributed by atoms with Crippen molar-refractivity contribution < 1.29 is 23.9 Å². The van der Waals surface area contributed by atoms with E-state index in [9.17, 15) is 14.4 Å². The van der Waals surface area contributed by atoms with Crippen LogP contribution in [0.1, 0.15) is 41.3 Å². The molecule has 0 N–H and O–H groups in total. The third kappa shape index (κ3) is 4.52. The molecule has 1 atom stereocenters. The molecule has 0 aromatic heterocycles. The monoisotopic (exact) mass is 448 g/mol. The van der Waals surface area contributed by atoms with E-state index in [2.05, 4.69) is 4.74 Å². The molecule has 0 radical (unpaired) electrons. The van der Waals surface area contributed by atoms with Crippen LogP contribution in [0.2, 0.25) is 10.0 Å². The van der Waals surface area contributed by atoms with Crippen molar-refractivity contribution >= 4 is 40.7 Å². The van der Waals surface area contributed by atoms with Crippen LogP contribution < -0.4 is 4.74 Å². The normalized spacial score (nSPS) is 17.5. The van der Waals surface area contributed by atoms with E-state index in [1.165, 1.54) is 14.0 Å². The van der Waals surface area contributed by atoms with Crippen LogP contribution in [-0.4, -0.2) is 31.3 Å². The molecular formula is C23H22Cl2O5. The Morgan fingerprint density at radius 3 is 2.47 bits per heavy atom. The minimum absolute atomic E-state index is 0.0254. The van der Waals surface area contributed by atoms with Gasteiger partial charge in [0.2, 0.25) is 0 Å². The maximum Gasteiger partial charge on any atom is 0.343 e. The summed E-state index contributed by atoms with van der Waals surface area (Å²) in [5.74, 6) is -0.425. The molecule has 0 saturated carbocycles. The summed E-state index contributed by atoms with van der Waals surface area (Å²) >= 11 is 12.8. The lowest BCUT2D eigenvalue weighted by Gasteiger charge is -2.27. The quantitative estimate of drug-likeness (QED) is 0.538. The number of ether oxygens (including phenoxy) is 2. The number of methoxy groups -OCH3 is 1. The van der Waals surface area contributed by atoms with Crippen molar-refractivity contribution in [3.63, 3.8) is 0 Å². The number of halogens is 2. The first-order valence-corrected chi connectivity index (χ1v) is 10.3. The van der Waals surface area contributed by atoms with Crippen LogP contribution in [-0.2, 0) is 27.2 Å². The molecule has 0 amide bonds. The summed E-state index contributed by atoms with van der Waals surface area (Å²) in [6.45, 7) is 1.20. The second kappa shape index (κ2) is 9.19. The van der Waals surface area contributed by atoms with Crippen molar-refractivity contribution in [2.24, 2.45) is 5.41 Å². The average molecular weight is 449 g/mol. The molecule has 30 heavy (non-hydrogen) atoms. The average Bonchev–Trinajstić information content (AvgIpc) is 3.00. The topological polar surface area (TPSA) is 69.7 Å². The van der Waals surface area contributed by atoms with E-state index < -0.39 is 11.4 Å². The van der Waals surface area contributed by atoms with Gasteiger partial charge in [0, 0.05) is 17.4 Å². The van der Waals surface area contributed by atoms with Gasteiger partial charge in [0.25, 0.3) is 0 Å². The fourth-order valence-electron chi connectivity index (χ4n) is 3.88. The molecule has 1 aliphatic carbocycles. The third-order valence-electron chi connectivity index (χ3n) is 5.41. The van der Waals surface area contributed by atoms with Gasteiger partial charge in [-0.15, -0.1) is 0 Å². The van der Waals surface area contributed by atoms with Gasteiger partial charge < -0.3 is 14.3 Å². The minimum atomic E-state index is -0.788. The zero-order chi connectivity index (χ0) is 21.9. The Labute approximate surface area is 185 Å². The molecule has 2 aromatic carbocycles. The summed E-state index contributed by atoms with van der Waals surface area (Å²) in [6, 6.07) is 11.3. The fourth-order valence-corrected chi connectivity index (χ4v) is 4.39. The maximum atomic E-state index is 13.6. The number of carbonyl (C=O) groups is 3. The zero-order valence-corrected chi connectivity index (χ0v) is 18.3. The van der Waals surface area contributed by atoms with Gasteiger partial charge in [-0.2, -0.15) is 0 Å². The van der Waals surface area contributed by atoms with E-state index in [1.54, 1.807) is 6.07 Å². The highest BCUT2D eigenvalue weighted by atomic mass is 35.5. The Morgan fingerprint density at radius 2 is 1.83 bits per heavy atom. The Hall–Kier alpha value is -2.37. The summed E-state index contributed by atoms with van der Waals surface area (Å²) in [4.78, 5) is 36.7. The van der Waals surface area contributed by atoms with Crippen molar-refractivity contribution in [1.29, 1.82) is 0 Å². The highest BCUT2D eigenvalue weighted by molar-refractivity contribution is 6.45. The second-order valence-electron chi connectivity index (χ2n) is 7.55. The largest absolute Gasteiger partial charge is 0.480 e. The van der Waals surface area contributed by atoms with Gasteiger partial charge in [-0.05, 0) is 43.4 Å². The van der Waals surface area contributed by atoms with Gasteiger partial charge in [-0.1, -0.05) is 53.5 Å². The molecule has 1 aliphatic rings. The second-order valence-corrected chi connectivity index (χ2v) is 8.31. The van der Waals surface area contributed by atoms with Crippen LogP contribution in [0.5, 0.6) is 5.75 Å². The third-order valence-corrected chi connectivity index (χ3v) is 6.26. The molecular weight excluding hydrogens is 427 g/mol. The highest BCUT2D eigenvalue weighted by Crippen LogP contribution is 2.49. The minimum Gasteiger partial charge on any atom is -0.480 e. The molecule has 0 aliphatic heterocycles. The number of benzene rings is 2. The Morgan fingerprint density at radius 1 is 1.13 bits per heavy atom. The van der Waals surface area contributed by atoms with Crippen molar-refractivity contribution in [3.8, 4) is 5.75 Å². The number of fused-ring (bicyclic) bond motifs is 1. The SMILES string of the molecule is COC(=O)COc1cc2c(c(Cl)c1Cl)C(=O)C(CCC(C)=O)(Cc1ccccc1)C2. The van der Waals surface area contributed by atoms with Crippen LogP contribution in [0.15, 0.2) is 36.4 Å². The first-order chi connectivity index (χ1) is 14.3. The van der Waals surface area contributed by atoms with Gasteiger partial charge in [0.15, 0.2) is 12.4 Å². The summed E-state index contributed by atoms with van der Waals surface area (Å²) in [5, 5.41) is 0.187. The molecule has 0 spiro atoms. The Kier molecular flexibility index (Phi) is 6.84. The lowest BCUT2D eigenvalue weighted by molar-refractivity contribution is -0.142. The van der Waals surface area contributed by atoms with Gasteiger partial charge in [0.1, 0.15) is 16.6 Å². The fraction of sp³-hybridized carbons (Fsp3) is 0.348. The van der Waals surface area contributed by atoms with E-state index in [0.29, 0.717) is 36.8 Å². The van der Waals surface area contributed by atoms with Crippen molar-refractivity contribution in [2.45, 2.75) is 32.6 Å². The molecule has 0 bridgehead atoms. The molecule has 2 aromatic rings. The van der Waals surface area contributed by atoms with E-state index in [1.807, 2.05) is 30.3 Å². The van der Waals surface area contributed by atoms with Crippen LogP contribution >= 0.6 is 23.2 Å². The van der Waals surface area contributed by atoms with Crippen LogP contribution in [0, 0.1) is 5.41 Å². The Balaban J connectivity index is 1.99. The number of esters is 1. The maximum absolute atomic E-state index is 13.6. The Bertz CT molecular complexity index is 987. The molecule has 0 fully saturated rings. The number of hydrogen-bond acceptors (Lipinski definition) is 5. The highest BCUT2D eigenvalue weighted by Gasteiger charge is 2.47. The number of Topliss-reactive ketones (excluding diaryl/α,β-unsaturated/α-hetero) is 2. The molecule has 3 rings (SSSR count). The van der Waals surface area contributed by atoms with Crippen molar-refractivity contribution in [2.75, 3.05) is 13.7 Å². The molecule has 0 heterocycles. The lowest BCUT2D eigenvalue weighted by Crippen LogP contribution is -2.31. The predicted octanol–water partition coefficient (Wildman–Crippen LogP) is 4.88. The summed E-state index contributed by atoms with van der Waals surface area (Å²) < 4.78 is 10.0. The molecule has 5 nitrogen and oxygen atoms in total. The first kappa shape index (κ1) is 22.3.